The van der Waals surface area contributed by atoms with Crippen LogP contribution in [0.4, 0.5) is 0 Å². The molecule has 96 valence electrons. The summed E-state index contributed by atoms with van der Waals surface area (Å²) in [4.78, 5) is 0. The van der Waals surface area contributed by atoms with E-state index in [-0.39, 0.29) is 0 Å². The highest BCUT2D eigenvalue weighted by molar-refractivity contribution is 5.10. The topological polar surface area (TPSA) is 43.0 Å². The van der Waals surface area contributed by atoms with Crippen LogP contribution in [0.2, 0.25) is 0 Å². The first-order valence-electron chi connectivity index (χ1n) is 6.91. The summed E-state index contributed by atoms with van der Waals surface area (Å²) in [5.74, 6) is 0. The maximum absolute atomic E-state index is 5.91. The summed E-state index contributed by atoms with van der Waals surface area (Å²) in [5, 5.41) is 3.64. The molecule has 1 aromatic rings. The molecule has 3 nitrogen and oxygen atoms in total. The average molecular weight is 235 g/mol. The van der Waals surface area contributed by atoms with Crippen LogP contribution < -0.4 is 11.1 Å². The van der Waals surface area contributed by atoms with Gasteiger partial charge in [-0.1, -0.05) is 6.92 Å². The molecule has 0 radical (unpaired) electrons. The second-order valence-corrected chi connectivity index (χ2v) is 5.25. The smallest absolute Gasteiger partial charge is 0.0223 e. The van der Waals surface area contributed by atoms with E-state index >= 15 is 0 Å². The molecule has 1 fully saturated rings. The van der Waals surface area contributed by atoms with Gasteiger partial charge in [0.2, 0.25) is 0 Å². The van der Waals surface area contributed by atoms with Gasteiger partial charge in [-0.3, -0.25) is 0 Å². The van der Waals surface area contributed by atoms with Crippen molar-refractivity contribution in [3.8, 4) is 0 Å². The van der Waals surface area contributed by atoms with E-state index in [1.165, 1.54) is 37.7 Å². The first-order chi connectivity index (χ1) is 8.28. The third kappa shape index (κ3) is 3.86. The highest BCUT2D eigenvalue weighted by Gasteiger charge is 2.17. The van der Waals surface area contributed by atoms with Crippen molar-refractivity contribution in [1.82, 2.24) is 9.88 Å². The fourth-order valence-corrected chi connectivity index (χ4v) is 2.58. The normalized spacial score (nSPS) is 25.1. The van der Waals surface area contributed by atoms with E-state index in [9.17, 15) is 0 Å². The third-order valence-electron chi connectivity index (χ3n) is 3.66. The molecule has 3 N–H and O–H groups in total. The van der Waals surface area contributed by atoms with Crippen molar-refractivity contribution >= 4 is 0 Å². The zero-order chi connectivity index (χ0) is 12.1. The van der Waals surface area contributed by atoms with Crippen LogP contribution in [0.5, 0.6) is 0 Å². The number of hydrogen-bond donors (Lipinski definition) is 2. The van der Waals surface area contributed by atoms with Gasteiger partial charge < -0.3 is 15.6 Å². The third-order valence-corrected chi connectivity index (χ3v) is 3.66. The van der Waals surface area contributed by atoms with Gasteiger partial charge in [0.1, 0.15) is 0 Å². The van der Waals surface area contributed by atoms with Crippen molar-refractivity contribution in [1.29, 1.82) is 0 Å². The van der Waals surface area contributed by atoms with Gasteiger partial charge in [0, 0.05) is 37.6 Å². The number of hydrogen-bond acceptors (Lipinski definition) is 2. The zero-order valence-corrected chi connectivity index (χ0v) is 10.9. The van der Waals surface area contributed by atoms with Crippen LogP contribution >= 0.6 is 0 Å². The minimum Gasteiger partial charge on any atom is -0.354 e. The molecule has 1 aliphatic carbocycles. The maximum Gasteiger partial charge on any atom is 0.0223 e. The van der Waals surface area contributed by atoms with E-state index in [0.717, 1.165) is 13.1 Å². The molecule has 1 saturated carbocycles. The molecule has 1 aromatic heterocycles. The second kappa shape index (κ2) is 6.22. The van der Waals surface area contributed by atoms with Gasteiger partial charge in [-0.15, -0.1) is 0 Å². The van der Waals surface area contributed by atoms with Crippen molar-refractivity contribution in [2.45, 2.75) is 64.2 Å². The monoisotopic (exact) mass is 235 g/mol. The van der Waals surface area contributed by atoms with E-state index in [4.69, 9.17) is 5.73 Å². The van der Waals surface area contributed by atoms with Crippen LogP contribution in [0.15, 0.2) is 18.5 Å². The number of rotatable bonds is 5. The average Bonchev–Trinajstić information content (AvgIpc) is 2.77. The Bertz CT molecular complexity index is 324. The first kappa shape index (κ1) is 12.7. The Hall–Kier alpha value is -0.800. The maximum atomic E-state index is 5.91. The molecule has 0 bridgehead atoms. The summed E-state index contributed by atoms with van der Waals surface area (Å²) < 4.78 is 2.27. The quantitative estimate of drug-likeness (QED) is 0.822. The lowest BCUT2D eigenvalue weighted by Gasteiger charge is -2.26. The highest BCUT2D eigenvalue weighted by Crippen LogP contribution is 2.17. The van der Waals surface area contributed by atoms with Crippen molar-refractivity contribution in [3.05, 3.63) is 24.0 Å². The van der Waals surface area contributed by atoms with Crippen LogP contribution in [0.25, 0.3) is 0 Å². The number of aromatic nitrogens is 1. The molecular weight excluding hydrogens is 210 g/mol. The summed E-state index contributed by atoms with van der Waals surface area (Å²) >= 11 is 0. The number of nitrogens with one attached hydrogen (secondary N) is 1. The molecule has 2 rings (SSSR count). The van der Waals surface area contributed by atoms with E-state index in [1.54, 1.807) is 0 Å². The molecule has 17 heavy (non-hydrogen) atoms. The van der Waals surface area contributed by atoms with Crippen LogP contribution in [0.3, 0.4) is 0 Å². The van der Waals surface area contributed by atoms with Gasteiger partial charge in [0.25, 0.3) is 0 Å². The summed E-state index contributed by atoms with van der Waals surface area (Å²) in [7, 11) is 0. The van der Waals surface area contributed by atoms with Gasteiger partial charge in [-0.05, 0) is 43.7 Å². The Morgan fingerprint density at radius 1 is 1.35 bits per heavy atom. The van der Waals surface area contributed by atoms with E-state index in [0.29, 0.717) is 12.1 Å². The van der Waals surface area contributed by atoms with Crippen LogP contribution in [0, 0.1) is 0 Å². The van der Waals surface area contributed by atoms with Crippen LogP contribution in [0.1, 0.15) is 44.6 Å². The first-order valence-corrected chi connectivity index (χ1v) is 6.91. The Morgan fingerprint density at radius 3 is 2.82 bits per heavy atom. The molecule has 0 amide bonds. The summed E-state index contributed by atoms with van der Waals surface area (Å²) in [6, 6.07) is 3.33. The Balaban J connectivity index is 1.73. The van der Waals surface area contributed by atoms with Crippen molar-refractivity contribution in [3.63, 3.8) is 0 Å². The molecule has 1 heterocycles. The van der Waals surface area contributed by atoms with Gasteiger partial charge in [0.05, 0.1) is 0 Å². The Kier molecular flexibility index (Phi) is 4.63. The number of nitrogens with zero attached hydrogens (tertiary/aromatic N) is 1. The van der Waals surface area contributed by atoms with Crippen molar-refractivity contribution < 1.29 is 0 Å². The molecular formula is C14H25N3. The number of aryl methyl sites for hydroxylation is 1. The number of nitrogens with two attached hydrogens (primary N) is 1. The van der Waals surface area contributed by atoms with Gasteiger partial charge >= 0.3 is 0 Å². The van der Waals surface area contributed by atoms with Gasteiger partial charge in [0.15, 0.2) is 0 Å². The van der Waals surface area contributed by atoms with Gasteiger partial charge in [-0.25, -0.2) is 0 Å². The van der Waals surface area contributed by atoms with Gasteiger partial charge in [-0.2, -0.15) is 0 Å². The molecule has 0 atom stereocenters. The summed E-state index contributed by atoms with van der Waals surface area (Å²) in [6.45, 7) is 4.33. The lowest BCUT2D eigenvalue weighted by Crippen LogP contribution is -2.36. The minimum absolute atomic E-state index is 0.443. The molecule has 1 aliphatic rings. The van der Waals surface area contributed by atoms with Crippen molar-refractivity contribution in [2.75, 3.05) is 0 Å². The summed E-state index contributed by atoms with van der Waals surface area (Å²) in [6.07, 6.45) is 10.4. The zero-order valence-electron chi connectivity index (χ0n) is 10.9. The van der Waals surface area contributed by atoms with Crippen LogP contribution in [-0.4, -0.2) is 16.7 Å². The Labute approximate surface area is 104 Å². The second-order valence-electron chi connectivity index (χ2n) is 5.25. The van der Waals surface area contributed by atoms with E-state index in [2.05, 4.69) is 35.3 Å². The van der Waals surface area contributed by atoms with Crippen molar-refractivity contribution in [2.24, 2.45) is 5.73 Å². The lowest BCUT2D eigenvalue weighted by molar-refractivity contribution is 0.342. The fourth-order valence-electron chi connectivity index (χ4n) is 2.58. The highest BCUT2D eigenvalue weighted by atomic mass is 15.0. The molecule has 0 unspecified atom stereocenters. The van der Waals surface area contributed by atoms with E-state index in [1.807, 2.05) is 0 Å². The minimum atomic E-state index is 0.443. The fraction of sp³-hybridized carbons (Fsp3) is 0.714. The van der Waals surface area contributed by atoms with E-state index < -0.39 is 0 Å². The largest absolute Gasteiger partial charge is 0.354 e. The Morgan fingerprint density at radius 2 is 2.12 bits per heavy atom. The SMILES string of the molecule is CCCn1ccc(CNC2CCC(N)CC2)c1. The lowest BCUT2D eigenvalue weighted by atomic mass is 9.92. The molecule has 0 saturated heterocycles. The molecule has 0 spiro atoms. The van der Waals surface area contributed by atoms with Crippen LogP contribution in [-0.2, 0) is 13.1 Å². The standard InChI is InChI=1S/C14H25N3/c1-2-8-17-9-7-12(11-17)10-16-14-5-3-13(15)4-6-14/h7,9,11,13-14,16H,2-6,8,10,15H2,1H3. The molecule has 0 aliphatic heterocycles. The molecule has 3 heteroatoms. The predicted molar refractivity (Wildman–Crippen MR) is 71.8 cm³/mol. The molecule has 0 aromatic carbocycles. The predicted octanol–water partition coefficient (Wildman–Crippen LogP) is 2.26. The summed E-state index contributed by atoms with van der Waals surface area (Å²) in [5.41, 5.74) is 7.31.